The normalized spacial score (nSPS) is 12.5. The average molecular weight is 557 g/mol. The molecule has 2 amide bonds. The van der Waals surface area contributed by atoms with E-state index in [4.69, 9.17) is 14.6 Å². The summed E-state index contributed by atoms with van der Waals surface area (Å²) < 4.78 is 11.3. The molecule has 0 bridgehead atoms. The van der Waals surface area contributed by atoms with Gasteiger partial charge < -0.3 is 24.8 Å². The fourth-order valence-corrected chi connectivity index (χ4v) is 4.89. The number of aliphatic hydroxyl groups is 1. The Morgan fingerprint density at radius 1 is 1.00 bits per heavy atom. The van der Waals surface area contributed by atoms with Gasteiger partial charge >= 0.3 is 0 Å². The average Bonchev–Trinajstić information content (AvgIpc) is 3.39. The Labute approximate surface area is 242 Å². The van der Waals surface area contributed by atoms with E-state index in [2.05, 4.69) is 10.6 Å². The standard InChI is InChI=1S/C33H38N3O5/c1-24(38)36(21-26-10-3-6-13-32(26)40-2)22-28(19-27-20-34-31-12-5-4-11-30(27)31)35-33(39)23-41-29-16-14-25(15-17-29)9-7-8-18-37/h3-6,10-17,20,28,37H,7-9,18-19,21-23H2,1-2H3,(H,35,39). The zero-order valence-corrected chi connectivity index (χ0v) is 23.7. The third-order valence-electron chi connectivity index (χ3n) is 7.05. The van der Waals surface area contributed by atoms with Crippen molar-refractivity contribution in [1.82, 2.24) is 15.5 Å². The molecule has 4 rings (SSSR count). The molecule has 1 aliphatic rings. The van der Waals surface area contributed by atoms with Gasteiger partial charge in [-0.25, -0.2) is 0 Å². The molecule has 1 heterocycles. The summed E-state index contributed by atoms with van der Waals surface area (Å²) in [5, 5.41) is 16.6. The van der Waals surface area contributed by atoms with Crippen LogP contribution in [0.1, 0.15) is 42.9 Å². The number of carbonyl (C=O) groups is 2. The lowest BCUT2D eigenvalue weighted by molar-refractivity contribution is -0.131. The van der Waals surface area contributed by atoms with Gasteiger partial charge in [-0.15, -0.1) is 0 Å². The van der Waals surface area contributed by atoms with Crippen LogP contribution in [-0.4, -0.2) is 54.7 Å². The molecule has 1 aliphatic heterocycles. The fraction of sp³-hybridized carbons (Fsp3) is 0.333. The highest BCUT2D eigenvalue weighted by Crippen LogP contribution is 2.33. The number of benzene rings is 3. The second-order valence-corrected chi connectivity index (χ2v) is 10.1. The monoisotopic (exact) mass is 556 g/mol. The highest BCUT2D eigenvalue weighted by Gasteiger charge is 2.24. The SMILES string of the molecule is COc1ccccc1CN(CC(CC1=C[N]c2ccccc21)NC(=O)COc1ccc(CCCCO)cc1)C(C)=O. The summed E-state index contributed by atoms with van der Waals surface area (Å²) in [5.74, 6) is 0.941. The van der Waals surface area contributed by atoms with Crippen LogP contribution in [0, 0.1) is 0 Å². The van der Waals surface area contributed by atoms with Gasteiger partial charge in [0.25, 0.3) is 5.91 Å². The van der Waals surface area contributed by atoms with Gasteiger partial charge in [0.15, 0.2) is 6.61 Å². The van der Waals surface area contributed by atoms with Crippen molar-refractivity contribution in [3.8, 4) is 11.5 Å². The summed E-state index contributed by atoms with van der Waals surface area (Å²) in [4.78, 5) is 27.5. The van der Waals surface area contributed by atoms with Crippen LogP contribution >= 0.6 is 0 Å². The van der Waals surface area contributed by atoms with E-state index in [-0.39, 0.29) is 31.1 Å². The second-order valence-electron chi connectivity index (χ2n) is 10.1. The maximum absolute atomic E-state index is 13.1. The van der Waals surface area contributed by atoms with Crippen LogP contribution in [0.25, 0.3) is 5.57 Å². The molecule has 3 aromatic rings. The van der Waals surface area contributed by atoms with E-state index >= 15 is 0 Å². The van der Waals surface area contributed by atoms with Crippen molar-refractivity contribution in [2.45, 2.75) is 45.2 Å². The first-order chi connectivity index (χ1) is 20.0. The Morgan fingerprint density at radius 3 is 2.51 bits per heavy atom. The maximum atomic E-state index is 13.1. The van der Waals surface area contributed by atoms with E-state index in [1.807, 2.05) is 79.0 Å². The van der Waals surface area contributed by atoms with Crippen molar-refractivity contribution >= 4 is 23.1 Å². The molecule has 0 aliphatic carbocycles. The van der Waals surface area contributed by atoms with Crippen LogP contribution < -0.4 is 20.1 Å². The number of nitrogens with one attached hydrogen (secondary N) is 1. The molecule has 1 atom stereocenters. The molecule has 2 N–H and O–H groups in total. The summed E-state index contributed by atoms with van der Waals surface area (Å²) in [5.41, 5.74) is 4.97. The van der Waals surface area contributed by atoms with E-state index in [1.54, 1.807) is 12.0 Å². The molecule has 8 heteroatoms. The molecular weight excluding hydrogens is 518 g/mol. The lowest BCUT2D eigenvalue weighted by Gasteiger charge is -2.28. The minimum Gasteiger partial charge on any atom is -0.496 e. The molecular formula is C33H38N3O5. The van der Waals surface area contributed by atoms with Crippen molar-refractivity contribution in [1.29, 1.82) is 0 Å². The van der Waals surface area contributed by atoms with Gasteiger partial charge in [-0.2, -0.15) is 0 Å². The predicted molar refractivity (Wildman–Crippen MR) is 159 cm³/mol. The van der Waals surface area contributed by atoms with E-state index in [0.29, 0.717) is 31.0 Å². The second kappa shape index (κ2) is 14.9. The molecule has 0 saturated carbocycles. The van der Waals surface area contributed by atoms with Gasteiger partial charge in [-0.3, -0.25) is 14.9 Å². The highest BCUT2D eigenvalue weighted by molar-refractivity contribution is 5.81. The number of aryl methyl sites for hydroxylation is 1. The summed E-state index contributed by atoms with van der Waals surface area (Å²) in [6.07, 6.45) is 4.92. The Bertz CT molecular complexity index is 1340. The molecule has 1 radical (unpaired) electrons. The fourth-order valence-electron chi connectivity index (χ4n) is 4.89. The molecule has 0 saturated heterocycles. The number of carbonyl (C=O) groups excluding carboxylic acids is 2. The van der Waals surface area contributed by atoms with E-state index < -0.39 is 0 Å². The first kappa shape index (κ1) is 29.7. The maximum Gasteiger partial charge on any atom is 0.258 e. The number of hydrogen-bond donors (Lipinski definition) is 2. The largest absolute Gasteiger partial charge is 0.496 e. The van der Waals surface area contributed by atoms with Crippen LogP contribution in [0.15, 0.2) is 79.0 Å². The molecule has 0 spiro atoms. The molecule has 3 aromatic carbocycles. The van der Waals surface area contributed by atoms with Crippen LogP contribution in [-0.2, 0) is 22.6 Å². The number of nitrogens with zero attached hydrogens (tertiary/aromatic N) is 2. The predicted octanol–water partition coefficient (Wildman–Crippen LogP) is 4.60. The Hall–Kier alpha value is -4.30. The number of amides is 2. The van der Waals surface area contributed by atoms with Gasteiger partial charge in [0, 0.05) is 43.9 Å². The topological polar surface area (TPSA) is 102 Å². The van der Waals surface area contributed by atoms with Gasteiger partial charge in [-0.05, 0) is 61.1 Å². The third-order valence-corrected chi connectivity index (χ3v) is 7.05. The van der Waals surface area contributed by atoms with Crippen molar-refractivity contribution in [2.24, 2.45) is 0 Å². The number of ether oxygens (including phenoxy) is 2. The molecule has 215 valence electrons. The first-order valence-electron chi connectivity index (χ1n) is 14.0. The van der Waals surface area contributed by atoms with Gasteiger partial charge in [0.1, 0.15) is 11.5 Å². The van der Waals surface area contributed by atoms with Crippen LogP contribution in [0.4, 0.5) is 5.69 Å². The Morgan fingerprint density at radius 2 is 1.76 bits per heavy atom. The minimum atomic E-state index is -0.369. The smallest absolute Gasteiger partial charge is 0.258 e. The minimum absolute atomic E-state index is 0.101. The van der Waals surface area contributed by atoms with Gasteiger partial charge in [0.2, 0.25) is 5.91 Å². The van der Waals surface area contributed by atoms with Crippen molar-refractivity contribution in [3.63, 3.8) is 0 Å². The Kier molecular flexibility index (Phi) is 10.8. The van der Waals surface area contributed by atoms with Crippen molar-refractivity contribution in [2.75, 3.05) is 26.9 Å². The zero-order chi connectivity index (χ0) is 29.0. The van der Waals surface area contributed by atoms with E-state index in [9.17, 15) is 9.59 Å². The van der Waals surface area contributed by atoms with E-state index in [0.717, 1.165) is 47.2 Å². The third kappa shape index (κ3) is 8.59. The summed E-state index contributed by atoms with van der Waals surface area (Å²) >= 11 is 0. The number of unbranched alkanes of at least 4 members (excludes halogenated alkanes) is 1. The molecule has 0 fully saturated rings. The van der Waals surface area contributed by atoms with Crippen LogP contribution in [0.2, 0.25) is 0 Å². The number of methoxy groups -OCH3 is 1. The lowest BCUT2D eigenvalue weighted by atomic mass is 9.99. The van der Waals surface area contributed by atoms with Crippen molar-refractivity contribution in [3.05, 3.63) is 95.7 Å². The molecule has 1 unspecified atom stereocenters. The number of aliphatic hydroxyl groups excluding tert-OH is 1. The summed E-state index contributed by atoms with van der Waals surface area (Å²) in [6, 6.07) is 22.8. The number of fused-ring (bicyclic) bond motifs is 1. The van der Waals surface area contributed by atoms with Gasteiger partial charge in [-0.1, -0.05) is 48.5 Å². The Balaban J connectivity index is 1.43. The number of hydrogen-bond acceptors (Lipinski definition) is 5. The first-order valence-corrected chi connectivity index (χ1v) is 14.0. The van der Waals surface area contributed by atoms with Gasteiger partial charge in [0.05, 0.1) is 18.8 Å². The lowest BCUT2D eigenvalue weighted by Crippen LogP contribution is -2.46. The molecule has 41 heavy (non-hydrogen) atoms. The van der Waals surface area contributed by atoms with Crippen LogP contribution in [0.3, 0.4) is 0 Å². The highest BCUT2D eigenvalue weighted by atomic mass is 16.5. The summed E-state index contributed by atoms with van der Waals surface area (Å²) in [7, 11) is 1.61. The molecule has 0 aromatic heterocycles. The van der Waals surface area contributed by atoms with E-state index in [1.165, 1.54) is 6.92 Å². The number of para-hydroxylation sites is 2. The summed E-state index contributed by atoms with van der Waals surface area (Å²) in [6.45, 7) is 2.24. The zero-order valence-electron chi connectivity index (χ0n) is 23.7. The van der Waals surface area contributed by atoms with Crippen LogP contribution in [0.5, 0.6) is 11.5 Å². The number of rotatable bonds is 15. The van der Waals surface area contributed by atoms with Crippen molar-refractivity contribution < 1.29 is 24.2 Å². The molecule has 8 nitrogen and oxygen atoms in total. The quantitative estimate of drug-likeness (QED) is 0.266.